The maximum absolute atomic E-state index is 6.01. The second-order valence-electron chi connectivity index (χ2n) is 4.90. The molecule has 1 heterocycles. The van der Waals surface area contributed by atoms with Gasteiger partial charge in [-0.1, -0.05) is 13.0 Å². The van der Waals surface area contributed by atoms with Gasteiger partial charge < -0.3 is 22.8 Å². The average Bonchev–Trinajstić information content (AvgIpc) is 3.28. The molecule has 0 bridgehead atoms. The topological polar surface area (TPSA) is 49.5 Å². The number of rotatable bonds is 13. The predicted molar refractivity (Wildman–Crippen MR) is 84.4 cm³/mol. The Hall–Kier alpha value is -0.243. The molecule has 0 spiro atoms. The molecule has 0 aromatic rings. The lowest BCUT2D eigenvalue weighted by molar-refractivity contribution is 0.00542. The molecule has 0 radical (unpaired) electrons. The zero-order valence-corrected chi connectivity index (χ0v) is 14.8. The average molecular weight is 318 g/mol. The maximum atomic E-state index is 6.01. The smallest absolute Gasteiger partial charge is 0.375 e. The van der Waals surface area contributed by atoms with Crippen molar-refractivity contribution in [3.05, 3.63) is 12.7 Å². The molecule has 1 rings (SSSR count). The van der Waals surface area contributed by atoms with Crippen LogP contribution >= 0.6 is 0 Å². The first-order chi connectivity index (χ1) is 10.2. The second-order valence-corrected chi connectivity index (χ2v) is 7.64. The molecule has 0 saturated carbocycles. The minimum Gasteiger partial charge on any atom is -0.375 e. The van der Waals surface area contributed by atoms with Crippen molar-refractivity contribution >= 4 is 8.80 Å². The third kappa shape index (κ3) is 5.47. The van der Waals surface area contributed by atoms with Crippen LogP contribution in [0.5, 0.6) is 0 Å². The van der Waals surface area contributed by atoms with Crippen molar-refractivity contribution in [2.75, 3.05) is 33.0 Å². The fourth-order valence-electron chi connectivity index (χ4n) is 2.41. The van der Waals surface area contributed by atoms with Crippen molar-refractivity contribution in [2.24, 2.45) is 0 Å². The molecular weight excluding hydrogens is 288 g/mol. The van der Waals surface area contributed by atoms with Gasteiger partial charge in [0.15, 0.2) is 0 Å². The summed E-state index contributed by atoms with van der Waals surface area (Å²) in [6.07, 6.45) is 2.94. The summed E-state index contributed by atoms with van der Waals surface area (Å²) in [6, 6.07) is 0. The van der Waals surface area contributed by atoms with Gasteiger partial charge in [-0.3, -0.25) is 0 Å². The van der Waals surface area contributed by atoms with Gasteiger partial charge in [0.05, 0.1) is 24.9 Å². The Kier molecular flexibility index (Phi) is 8.69. The Bertz CT molecular complexity index is 279. The quantitative estimate of drug-likeness (QED) is 0.297. The van der Waals surface area contributed by atoms with E-state index in [4.69, 9.17) is 22.8 Å². The lowest BCUT2D eigenvalue weighted by atomic mass is 10.2. The van der Waals surface area contributed by atoms with E-state index in [0.29, 0.717) is 26.4 Å². The number of ether oxygens (including phenoxy) is 2. The summed E-state index contributed by atoms with van der Waals surface area (Å²) in [5, 5.41) is 0. The third-order valence-corrected chi connectivity index (χ3v) is 6.90. The Labute approximate surface area is 129 Å². The molecule has 0 aliphatic carbocycles. The second kappa shape index (κ2) is 9.71. The zero-order chi connectivity index (χ0) is 15.7. The molecule has 0 amide bonds. The summed E-state index contributed by atoms with van der Waals surface area (Å²) in [7, 11) is -2.84. The lowest BCUT2D eigenvalue weighted by Crippen LogP contribution is -2.53. The van der Waals surface area contributed by atoms with E-state index in [1.807, 2.05) is 26.8 Å². The number of epoxide rings is 1. The van der Waals surface area contributed by atoms with Crippen LogP contribution < -0.4 is 0 Å². The van der Waals surface area contributed by atoms with Gasteiger partial charge in [-0.15, -0.1) is 6.58 Å². The molecule has 1 saturated heterocycles. The van der Waals surface area contributed by atoms with Gasteiger partial charge >= 0.3 is 8.80 Å². The van der Waals surface area contributed by atoms with Gasteiger partial charge in [-0.25, -0.2) is 0 Å². The summed E-state index contributed by atoms with van der Waals surface area (Å²) in [5.74, 6) is 0. The summed E-state index contributed by atoms with van der Waals surface area (Å²) in [5.41, 5.74) is -0.0684. The Balaban J connectivity index is 2.85. The van der Waals surface area contributed by atoms with E-state index in [-0.39, 0.29) is 17.7 Å². The van der Waals surface area contributed by atoms with Crippen LogP contribution in [0.2, 0.25) is 5.54 Å². The normalized spacial score (nSPS) is 21.0. The fourth-order valence-corrected chi connectivity index (χ4v) is 5.52. The molecule has 0 N–H and O–H groups in total. The molecular formula is C15H30O5Si. The van der Waals surface area contributed by atoms with Crippen LogP contribution in [0.3, 0.4) is 0 Å². The minimum atomic E-state index is -2.84. The van der Waals surface area contributed by atoms with Crippen LogP contribution in [0.4, 0.5) is 0 Å². The van der Waals surface area contributed by atoms with E-state index < -0.39 is 8.80 Å². The van der Waals surface area contributed by atoms with Crippen molar-refractivity contribution < 1.29 is 22.8 Å². The minimum absolute atomic E-state index is 0.0250. The Morgan fingerprint density at radius 2 is 1.67 bits per heavy atom. The largest absolute Gasteiger partial charge is 0.510 e. The highest BCUT2D eigenvalue weighted by molar-refractivity contribution is 6.63. The van der Waals surface area contributed by atoms with Crippen molar-refractivity contribution in [1.29, 1.82) is 0 Å². The summed E-state index contributed by atoms with van der Waals surface area (Å²) < 4.78 is 29.2. The lowest BCUT2D eigenvalue weighted by Gasteiger charge is -2.37. The van der Waals surface area contributed by atoms with Crippen molar-refractivity contribution in [2.45, 2.75) is 51.9 Å². The van der Waals surface area contributed by atoms with E-state index in [9.17, 15) is 0 Å². The first-order valence-corrected chi connectivity index (χ1v) is 9.75. The summed E-state index contributed by atoms with van der Waals surface area (Å²) in [6.45, 7) is 15.0. The van der Waals surface area contributed by atoms with Crippen LogP contribution in [-0.2, 0) is 22.8 Å². The molecule has 0 aromatic heterocycles. The van der Waals surface area contributed by atoms with Gasteiger partial charge in [0.25, 0.3) is 0 Å². The van der Waals surface area contributed by atoms with Crippen molar-refractivity contribution in [3.63, 3.8) is 0 Å². The molecule has 21 heavy (non-hydrogen) atoms. The predicted octanol–water partition coefficient (Wildman–Crippen LogP) is 2.79. The molecule has 124 valence electrons. The Morgan fingerprint density at radius 1 is 1.14 bits per heavy atom. The van der Waals surface area contributed by atoms with Gasteiger partial charge in [0, 0.05) is 19.8 Å². The van der Waals surface area contributed by atoms with Crippen LogP contribution in [0.1, 0.15) is 34.1 Å². The van der Waals surface area contributed by atoms with E-state index in [1.54, 1.807) is 0 Å². The van der Waals surface area contributed by atoms with Crippen molar-refractivity contribution in [3.8, 4) is 0 Å². The number of hydrogen-bond donors (Lipinski definition) is 0. The van der Waals surface area contributed by atoms with E-state index in [2.05, 4.69) is 13.5 Å². The van der Waals surface area contributed by atoms with Gasteiger partial charge in [-0.2, -0.15) is 0 Å². The monoisotopic (exact) mass is 318 g/mol. The zero-order valence-electron chi connectivity index (χ0n) is 13.8. The molecule has 1 aliphatic heterocycles. The highest BCUT2D eigenvalue weighted by atomic mass is 28.4. The molecule has 5 nitrogen and oxygen atoms in total. The summed E-state index contributed by atoms with van der Waals surface area (Å²) >= 11 is 0. The molecule has 3 atom stereocenters. The summed E-state index contributed by atoms with van der Waals surface area (Å²) in [4.78, 5) is 0. The van der Waals surface area contributed by atoms with Crippen LogP contribution in [0.25, 0.3) is 0 Å². The highest BCUT2D eigenvalue weighted by Gasteiger charge is 2.51. The van der Waals surface area contributed by atoms with E-state index in [1.165, 1.54) is 0 Å². The molecule has 1 fully saturated rings. The third-order valence-electron chi connectivity index (χ3n) is 3.40. The van der Waals surface area contributed by atoms with Crippen LogP contribution in [0, 0.1) is 0 Å². The van der Waals surface area contributed by atoms with E-state index >= 15 is 0 Å². The van der Waals surface area contributed by atoms with Crippen LogP contribution in [-0.4, -0.2) is 54.0 Å². The Morgan fingerprint density at radius 3 is 2.00 bits per heavy atom. The first-order valence-electron chi connectivity index (χ1n) is 7.94. The van der Waals surface area contributed by atoms with Gasteiger partial charge in [0.2, 0.25) is 0 Å². The van der Waals surface area contributed by atoms with Crippen LogP contribution in [0.15, 0.2) is 12.7 Å². The highest BCUT2D eigenvalue weighted by Crippen LogP contribution is 2.34. The van der Waals surface area contributed by atoms with E-state index in [0.717, 1.165) is 13.0 Å². The SMILES string of the molecule is C=CC(C(CC)OCC1CO1)[Si](OCC)(OCC)OCC. The number of hydrogen-bond acceptors (Lipinski definition) is 5. The van der Waals surface area contributed by atoms with Crippen molar-refractivity contribution in [1.82, 2.24) is 0 Å². The van der Waals surface area contributed by atoms with Gasteiger partial charge in [0.1, 0.15) is 6.10 Å². The standard InChI is InChI=1S/C15H30O5Si/c1-6-14(17-12-13-11-16-13)15(7-2)21(18-8-3,19-9-4)20-10-5/h7,13-15H,2,6,8-12H2,1,3-5H3. The first kappa shape index (κ1) is 18.8. The molecule has 1 aliphatic rings. The molecule has 3 unspecified atom stereocenters. The maximum Gasteiger partial charge on any atom is 0.510 e. The molecule has 6 heteroatoms. The van der Waals surface area contributed by atoms with Gasteiger partial charge in [-0.05, 0) is 27.2 Å². The fraction of sp³-hybridized carbons (Fsp3) is 0.867. The molecule has 0 aromatic carbocycles.